The van der Waals surface area contributed by atoms with Crippen LogP contribution in [0.2, 0.25) is 25.7 Å². The lowest BCUT2D eigenvalue weighted by Gasteiger charge is -2.14. The summed E-state index contributed by atoms with van der Waals surface area (Å²) in [5.41, 5.74) is 0. The summed E-state index contributed by atoms with van der Waals surface area (Å²) >= 11 is 2.08. The molecule has 0 heterocycles. The number of hydrogen-bond donors (Lipinski definition) is 1. The Hall–Kier alpha value is 0.527. The van der Waals surface area contributed by atoms with Gasteiger partial charge in [0.1, 0.15) is 0 Å². The van der Waals surface area contributed by atoms with Crippen LogP contribution in [0.4, 0.5) is 0 Å². The van der Waals surface area contributed by atoms with Crippen LogP contribution in [0.15, 0.2) is 0 Å². The number of hydrogen-bond acceptors (Lipinski definition) is 2. The predicted octanol–water partition coefficient (Wildman–Crippen LogP) is 2.67. The van der Waals surface area contributed by atoms with Gasteiger partial charge in [0, 0.05) is 20.4 Å². The molecule has 0 spiro atoms. The summed E-state index contributed by atoms with van der Waals surface area (Å²) in [7, 11) is 1.26. The first-order chi connectivity index (χ1) is 5.56. The second-order valence-electron chi connectivity index (χ2n) is 4.38. The van der Waals surface area contributed by atoms with Crippen molar-refractivity contribution in [3.63, 3.8) is 0 Å². The van der Waals surface area contributed by atoms with Crippen molar-refractivity contribution < 1.29 is 0 Å². The Morgan fingerprint density at radius 2 is 1.83 bits per heavy atom. The van der Waals surface area contributed by atoms with Crippen LogP contribution >= 0.6 is 11.8 Å². The molecule has 0 atom stereocenters. The summed E-state index contributed by atoms with van der Waals surface area (Å²) in [6.07, 6.45) is 1.42. The average molecular weight is 205 g/mol. The fourth-order valence-corrected chi connectivity index (χ4v) is 3.38. The Morgan fingerprint density at radius 1 is 1.17 bits per heavy atom. The van der Waals surface area contributed by atoms with Gasteiger partial charge in [0.25, 0.3) is 0 Å². The molecule has 0 aliphatic rings. The van der Waals surface area contributed by atoms with Gasteiger partial charge >= 0.3 is 0 Å². The quantitative estimate of drug-likeness (QED) is 0.507. The van der Waals surface area contributed by atoms with Gasteiger partial charge in [-0.2, -0.15) is 11.8 Å². The van der Waals surface area contributed by atoms with Gasteiger partial charge < -0.3 is 5.32 Å². The summed E-state index contributed by atoms with van der Waals surface area (Å²) in [6.45, 7) is 8.50. The lowest BCUT2D eigenvalue weighted by Crippen LogP contribution is -2.19. The van der Waals surface area contributed by atoms with Crippen molar-refractivity contribution in [2.24, 2.45) is 0 Å². The highest BCUT2D eigenvalue weighted by molar-refractivity contribution is 7.99. The molecule has 0 unspecified atom stereocenters. The average Bonchev–Trinajstić information content (AvgIpc) is 1.94. The monoisotopic (exact) mass is 205 g/mol. The van der Waals surface area contributed by atoms with Gasteiger partial charge in [0.15, 0.2) is 0 Å². The Kier molecular flexibility index (Phi) is 7.29. The molecular weight excluding hydrogens is 182 g/mol. The van der Waals surface area contributed by atoms with Gasteiger partial charge in [-0.1, -0.05) is 25.7 Å². The van der Waals surface area contributed by atoms with Crippen LogP contribution in [0.1, 0.15) is 6.42 Å². The molecule has 0 rings (SSSR count). The van der Waals surface area contributed by atoms with Gasteiger partial charge in [-0.05, 0) is 19.2 Å². The van der Waals surface area contributed by atoms with Crippen LogP contribution in [0.5, 0.6) is 0 Å². The van der Waals surface area contributed by atoms with Crippen LogP contribution in [0, 0.1) is 0 Å². The minimum atomic E-state index is -0.755. The zero-order valence-electron chi connectivity index (χ0n) is 8.94. The molecule has 0 radical (unpaired) electrons. The summed E-state index contributed by atoms with van der Waals surface area (Å²) in [5.74, 6) is 2.62. The normalized spacial score (nSPS) is 12.0. The van der Waals surface area contributed by atoms with Crippen molar-refractivity contribution >= 4 is 19.8 Å². The highest BCUT2D eigenvalue weighted by Gasteiger charge is 2.11. The van der Waals surface area contributed by atoms with Gasteiger partial charge in [0.2, 0.25) is 0 Å². The largest absolute Gasteiger partial charge is 0.319 e. The van der Waals surface area contributed by atoms with Crippen LogP contribution in [-0.2, 0) is 0 Å². The molecule has 0 aromatic heterocycles. The summed E-state index contributed by atoms with van der Waals surface area (Å²) in [6, 6.07) is 1.49. The molecule has 0 saturated heterocycles. The lowest BCUT2D eigenvalue weighted by atomic mass is 10.6. The standard InChI is InChI=1S/C9H23NSSi/c1-10-6-8-11-7-5-9-12(2,3)4/h10H,5-9H2,1-4H3. The van der Waals surface area contributed by atoms with Crippen molar-refractivity contribution in [2.45, 2.75) is 32.1 Å². The maximum absolute atomic E-state index is 3.16. The van der Waals surface area contributed by atoms with E-state index in [0.29, 0.717) is 0 Å². The van der Waals surface area contributed by atoms with E-state index in [-0.39, 0.29) is 0 Å². The van der Waals surface area contributed by atoms with Gasteiger partial charge in [-0.25, -0.2) is 0 Å². The Morgan fingerprint density at radius 3 is 2.33 bits per heavy atom. The van der Waals surface area contributed by atoms with Crippen molar-refractivity contribution in [3.05, 3.63) is 0 Å². The van der Waals surface area contributed by atoms with E-state index in [9.17, 15) is 0 Å². The molecule has 0 aromatic rings. The van der Waals surface area contributed by atoms with E-state index in [0.717, 1.165) is 6.54 Å². The molecule has 3 heteroatoms. The van der Waals surface area contributed by atoms with Crippen LogP contribution in [0.25, 0.3) is 0 Å². The fraction of sp³-hybridized carbons (Fsp3) is 1.00. The molecule has 74 valence electrons. The minimum absolute atomic E-state index is 0.755. The second kappa shape index (κ2) is 6.98. The smallest absolute Gasteiger partial charge is 0.0442 e. The van der Waals surface area contributed by atoms with E-state index in [4.69, 9.17) is 0 Å². The summed E-state index contributed by atoms with van der Waals surface area (Å²) < 4.78 is 0. The van der Waals surface area contributed by atoms with Crippen LogP contribution in [0.3, 0.4) is 0 Å². The lowest BCUT2D eigenvalue weighted by molar-refractivity contribution is 0.871. The maximum Gasteiger partial charge on any atom is 0.0442 e. The third-order valence-corrected chi connectivity index (χ3v) is 4.64. The molecule has 0 aliphatic carbocycles. The Balaban J connectivity index is 3.01. The fourth-order valence-electron chi connectivity index (χ4n) is 0.981. The van der Waals surface area contributed by atoms with Gasteiger partial charge in [-0.3, -0.25) is 0 Å². The van der Waals surface area contributed by atoms with Gasteiger partial charge in [-0.15, -0.1) is 0 Å². The van der Waals surface area contributed by atoms with Crippen molar-refractivity contribution in [1.82, 2.24) is 5.32 Å². The van der Waals surface area contributed by atoms with Crippen molar-refractivity contribution in [1.29, 1.82) is 0 Å². The summed E-state index contributed by atoms with van der Waals surface area (Å²) in [4.78, 5) is 0. The SMILES string of the molecule is CNCCSCCC[Si](C)(C)C. The van der Waals surface area contributed by atoms with E-state index >= 15 is 0 Å². The van der Waals surface area contributed by atoms with E-state index in [1.54, 1.807) is 0 Å². The van der Waals surface area contributed by atoms with E-state index in [2.05, 4.69) is 36.7 Å². The molecule has 0 aromatic carbocycles. The zero-order valence-corrected chi connectivity index (χ0v) is 10.8. The first kappa shape index (κ1) is 12.5. The molecule has 1 N–H and O–H groups in total. The Labute approximate surface area is 82.7 Å². The van der Waals surface area contributed by atoms with E-state index in [1.807, 2.05) is 7.05 Å². The first-order valence-corrected chi connectivity index (χ1v) is 9.65. The molecule has 0 bridgehead atoms. The van der Waals surface area contributed by atoms with E-state index in [1.165, 1.54) is 24.0 Å². The van der Waals surface area contributed by atoms with Gasteiger partial charge in [0.05, 0.1) is 0 Å². The Bertz CT molecular complexity index is 101. The second-order valence-corrected chi connectivity index (χ2v) is 11.2. The van der Waals surface area contributed by atoms with Crippen LogP contribution < -0.4 is 5.32 Å². The molecule has 0 fully saturated rings. The number of rotatable bonds is 7. The molecule has 0 amide bonds. The highest BCUT2D eigenvalue weighted by atomic mass is 32.2. The number of thioether (sulfide) groups is 1. The van der Waals surface area contributed by atoms with Crippen molar-refractivity contribution in [3.8, 4) is 0 Å². The minimum Gasteiger partial charge on any atom is -0.319 e. The summed E-state index contributed by atoms with van der Waals surface area (Å²) in [5, 5.41) is 3.16. The van der Waals surface area contributed by atoms with E-state index < -0.39 is 8.07 Å². The first-order valence-electron chi connectivity index (χ1n) is 4.78. The molecule has 12 heavy (non-hydrogen) atoms. The molecule has 0 saturated carbocycles. The molecule has 1 nitrogen and oxygen atoms in total. The number of nitrogens with one attached hydrogen (secondary N) is 1. The molecule has 0 aliphatic heterocycles. The third-order valence-electron chi connectivity index (χ3n) is 1.71. The topological polar surface area (TPSA) is 12.0 Å². The third kappa shape index (κ3) is 10.5. The van der Waals surface area contributed by atoms with Crippen molar-refractivity contribution in [2.75, 3.05) is 25.1 Å². The predicted molar refractivity (Wildman–Crippen MR) is 64.0 cm³/mol. The zero-order chi connectivity index (χ0) is 9.45. The maximum atomic E-state index is 3.16. The van der Waals surface area contributed by atoms with Crippen LogP contribution in [-0.4, -0.2) is 33.2 Å². The highest BCUT2D eigenvalue weighted by Crippen LogP contribution is 2.13. The molecular formula is C9H23NSSi.